The molecule has 0 fully saturated rings. The van der Waals surface area contributed by atoms with E-state index >= 15 is 0 Å². The maximum absolute atomic E-state index is 12.7. The number of aromatic nitrogens is 2. The zero-order valence-corrected chi connectivity index (χ0v) is 13.7. The average Bonchev–Trinajstić information content (AvgIpc) is 3.07. The molecule has 3 N–H and O–H groups in total. The molecule has 0 saturated heterocycles. The molecule has 0 radical (unpaired) electrons. The van der Waals surface area contributed by atoms with Crippen molar-refractivity contribution in [3.8, 4) is 17.0 Å². The molecule has 9 heteroatoms. The molecular formula is C17H11ClF3N3O2. The number of carbonyl (C=O) groups is 1. The van der Waals surface area contributed by atoms with E-state index in [0.717, 1.165) is 24.5 Å². The summed E-state index contributed by atoms with van der Waals surface area (Å²) in [6.07, 6.45) is -2.59. The Labute approximate surface area is 150 Å². The van der Waals surface area contributed by atoms with E-state index in [1.165, 1.54) is 0 Å². The maximum Gasteiger partial charge on any atom is 0.417 e. The highest BCUT2D eigenvalue weighted by Gasteiger charge is 2.32. The van der Waals surface area contributed by atoms with Crippen LogP contribution in [0.4, 0.5) is 18.9 Å². The average molecular weight is 382 g/mol. The quantitative estimate of drug-likeness (QED) is 0.615. The van der Waals surface area contributed by atoms with Gasteiger partial charge in [0.2, 0.25) is 0 Å². The number of hydrogen-bond donors (Lipinski definition) is 3. The summed E-state index contributed by atoms with van der Waals surface area (Å²) in [6.45, 7) is 0. The lowest BCUT2D eigenvalue weighted by atomic mass is 10.1. The molecule has 26 heavy (non-hydrogen) atoms. The minimum absolute atomic E-state index is 0.0342. The SMILES string of the molecule is O=C(Nc1ccc(Cl)cc1)c1cc(O)c(-c2cc(C(F)(F)F)c[nH]2)cn1. The van der Waals surface area contributed by atoms with Crippen molar-refractivity contribution in [2.75, 3.05) is 5.32 Å². The molecule has 0 bridgehead atoms. The molecule has 5 nitrogen and oxygen atoms in total. The molecule has 0 aliphatic rings. The summed E-state index contributed by atoms with van der Waals surface area (Å²) in [5.41, 5.74) is -0.417. The van der Waals surface area contributed by atoms with Gasteiger partial charge in [-0.05, 0) is 30.3 Å². The lowest BCUT2D eigenvalue weighted by Crippen LogP contribution is -2.13. The second kappa shape index (κ2) is 6.72. The van der Waals surface area contributed by atoms with Crippen LogP contribution in [0.5, 0.6) is 5.75 Å². The molecule has 0 saturated carbocycles. The molecule has 0 spiro atoms. The second-order valence-corrected chi connectivity index (χ2v) is 5.78. The minimum Gasteiger partial charge on any atom is -0.507 e. The van der Waals surface area contributed by atoms with Crippen LogP contribution in [-0.4, -0.2) is 21.0 Å². The number of nitrogens with zero attached hydrogens (tertiary/aromatic N) is 1. The summed E-state index contributed by atoms with van der Waals surface area (Å²) in [4.78, 5) is 18.5. The van der Waals surface area contributed by atoms with Gasteiger partial charge in [0.15, 0.2) is 0 Å². The van der Waals surface area contributed by atoms with Gasteiger partial charge in [-0.2, -0.15) is 13.2 Å². The minimum atomic E-state index is -4.50. The zero-order valence-electron chi connectivity index (χ0n) is 12.9. The van der Waals surface area contributed by atoms with E-state index in [9.17, 15) is 23.1 Å². The second-order valence-electron chi connectivity index (χ2n) is 5.35. The first-order valence-corrected chi connectivity index (χ1v) is 7.64. The number of benzene rings is 1. The first-order valence-electron chi connectivity index (χ1n) is 7.26. The number of pyridine rings is 1. The molecule has 1 aromatic carbocycles. The van der Waals surface area contributed by atoms with Gasteiger partial charge >= 0.3 is 6.18 Å². The number of hydrogen-bond acceptors (Lipinski definition) is 3. The fourth-order valence-electron chi connectivity index (χ4n) is 2.22. The molecule has 2 heterocycles. The van der Waals surface area contributed by atoms with Gasteiger partial charge in [-0.25, -0.2) is 0 Å². The van der Waals surface area contributed by atoms with E-state index < -0.39 is 17.6 Å². The Balaban J connectivity index is 1.82. The van der Waals surface area contributed by atoms with E-state index in [1.807, 2.05) is 0 Å². The first kappa shape index (κ1) is 17.8. The smallest absolute Gasteiger partial charge is 0.417 e. The number of anilines is 1. The van der Waals surface area contributed by atoms with Gasteiger partial charge < -0.3 is 15.4 Å². The van der Waals surface area contributed by atoms with Gasteiger partial charge in [-0.3, -0.25) is 9.78 Å². The van der Waals surface area contributed by atoms with Gasteiger partial charge in [-0.1, -0.05) is 11.6 Å². The standard InChI is InChI=1S/C17H11ClF3N3O2/c18-10-1-3-11(4-2-10)24-16(26)14-6-15(25)12(8-23-14)13-5-9(7-22-13)17(19,20)21/h1-8,22H,(H,23,25)(H,24,26). The number of halogens is 4. The fourth-order valence-corrected chi connectivity index (χ4v) is 2.34. The van der Waals surface area contributed by atoms with Crippen LogP contribution in [0.3, 0.4) is 0 Å². The number of alkyl halides is 3. The normalized spacial score (nSPS) is 11.4. The largest absolute Gasteiger partial charge is 0.507 e. The number of aromatic amines is 1. The lowest BCUT2D eigenvalue weighted by Gasteiger charge is -2.07. The highest BCUT2D eigenvalue weighted by atomic mass is 35.5. The first-order chi connectivity index (χ1) is 12.2. The summed E-state index contributed by atoms with van der Waals surface area (Å²) < 4.78 is 38.0. The van der Waals surface area contributed by atoms with Crippen LogP contribution in [0.25, 0.3) is 11.3 Å². The molecule has 0 aliphatic heterocycles. The molecular weight excluding hydrogens is 371 g/mol. The summed E-state index contributed by atoms with van der Waals surface area (Å²) in [7, 11) is 0. The number of amides is 1. The molecule has 2 aromatic heterocycles. The number of carbonyl (C=O) groups excluding carboxylic acids is 1. The van der Waals surface area contributed by atoms with Crippen LogP contribution < -0.4 is 5.32 Å². The summed E-state index contributed by atoms with van der Waals surface area (Å²) in [6, 6.07) is 8.29. The van der Waals surface area contributed by atoms with Crippen molar-refractivity contribution in [1.29, 1.82) is 0 Å². The molecule has 1 amide bonds. The van der Waals surface area contributed by atoms with Crippen LogP contribution >= 0.6 is 11.6 Å². The Morgan fingerprint density at radius 2 is 1.88 bits per heavy atom. The molecule has 0 aliphatic carbocycles. The number of aromatic hydroxyl groups is 1. The highest BCUT2D eigenvalue weighted by molar-refractivity contribution is 6.30. The predicted octanol–water partition coefficient (Wildman–Crippen LogP) is 4.71. The van der Waals surface area contributed by atoms with Crippen molar-refractivity contribution in [1.82, 2.24) is 9.97 Å². The molecule has 3 aromatic rings. The van der Waals surface area contributed by atoms with Crippen LogP contribution in [0.2, 0.25) is 5.02 Å². The van der Waals surface area contributed by atoms with Gasteiger partial charge in [0.05, 0.1) is 16.8 Å². The third-order valence-electron chi connectivity index (χ3n) is 3.52. The van der Waals surface area contributed by atoms with Crippen molar-refractivity contribution < 1.29 is 23.1 Å². The van der Waals surface area contributed by atoms with E-state index in [0.29, 0.717) is 10.7 Å². The van der Waals surface area contributed by atoms with Crippen molar-refractivity contribution >= 4 is 23.2 Å². The predicted molar refractivity (Wildman–Crippen MR) is 90.1 cm³/mol. The van der Waals surface area contributed by atoms with Gasteiger partial charge in [0.25, 0.3) is 5.91 Å². The Hall–Kier alpha value is -3.00. The van der Waals surface area contributed by atoms with Gasteiger partial charge in [-0.15, -0.1) is 0 Å². The van der Waals surface area contributed by atoms with Crippen molar-refractivity contribution in [2.24, 2.45) is 0 Å². The molecule has 134 valence electrons. The Morgan fingerprint density at radius 3 is 2.46 bits per heavy atom. The third kappa shape index (κ3) is 3.80. The Bertz CT molecular complexity index is 953. The zero-order chi connectivity index (χ0) is 18.9. The van der Waals surface area contributed by atoms with E-state index in [1.54, 1.807) is 24.3 Å². The number of nitrogens with one attached hydrogen (secondary N) is 2. The van der Waals surface area contributed by atoms with Crippen LogP contribution in [-0.2, 0) is 6.18 Å². The number of H-pyrrole nitrogens is 1. The maximum atomic E-state index is 12.7. The van der Waals surface area contributed by atoms with E-state index in [2.05, 4.69) is 15.3 Å². The summed E-state index contributed by atoms with van der Waals surface area (Å²) >= 11 is 5.76. The molecule has 0 unspecified atom stereocenters. The van der Waals surface area contributed by atoms with Crippen molar-refractivity contribution in [3.05, 3.63) is 65.1 Å². The fraction of sp³-hybridized carbons (Fsp3) is 0.0588. The van der Waals surface area contributed by atoms with Crippen LogP contribution in [0.1, 0.15) is 16.1 Å². The lowest BCUT2D eigenvalue weighted by molar-refractivity contribution is -0.137. The summed E-state index contributed by atoms with van der Waals surface area (Å²) in [5.74, 6) is -0.964. The van der Waals surface area contributed by atoms with Crippen LogP contribution in [0, 0.1) is 0 Å². The Kier molecular flexibility index (Phi) is 4.60. The highest BCUT2D eigenvalue weighted by Crippen LogP contribution is 2.34. The topological polar surface area (TPSA) is 78.0 Å². The van der Waals surface area contributed by atoms with Crippen molar-refractivity contribution in [3.63, 3.8) is 0 Å². The summed E-state index contributed by atoms with van der Waals surface area (Å²) in [5, 5.41) is 13.1. The van der Waals surface area contributed by atoms with Gasteiger partial charge in [0.1, 0.15) is 11.4 Å². The monoisotopic (exact) mass is 381 g/mol. The third-order valence-corrected chi connectivity index (χ3v) is 3.77. The van der Waals surface area contributed by atoms with Crippen molar-refractivity contribution in [2.45, 2.75) is 6.18 Å². The Morgan fingerprint density at radius 1 is 1.19 bits per heavy atom. The van der Waals surface area contributed by atoms with E-state index in [-0.39, 0.29) is 22.7 Å². The molecule has 0 atom stereocenters. The van der Waals surface area contributed by atoms with Gasteiger partial charge in [0, 0.05) is 29.2 Å². The van der Waals surface area contributed by atoms with Crippen LogP contribution in [0.15, 0.2) is 48.8 Å². The van der Waals surface area contributed by atoms with E-state index in [4.69, 9.17) is 11.6 Å². The number of rotatable bonds is 3. The molecule has 3 rings (SSSR count).